The lowest BCUT2D eigenvalue weighted by molar-refractivity contribution is 0.481. The molecule has 2 N–H and O–H groups in total. The molecule has 0 bridgehead atoms. The molecule has 0 unspecified atom stereocenters. The number of rotatable bonds is 5. The van der Waals surface area contributed by atoms with Gasteiger partial charge in [-0.3, -0.25) is 10.1 Å². The van der Waals surface area contributed by atoms with E-state index in [-0.39, 0.29) is 0 Å². The van der Waals surface area contributed by atoms with E-state index in [0.717, 1.165) is 44.6 Å². The Bertz CT molecular complexity index is 1130. The molecule has 2 heterocycles. The van der Waals surface area contributed by atoms with Crippen molar-refractivity contribution in [2.75, 3.05) is 5.32 Å². The Morgan fingerprint density at radius 2 is 1.66 bits per heavy atom. The second-order valence-electron chi connectivity index (χ2n) is 6.82. The quantitative estimate of drug-likeness (QED) is 0.427. The van der Waals surface area contributed by atoms with E-state index >= 15 is 0 Å². The lowest BCUT2D eigenvalue weighted by atomic mass is 10.1. The zero-order chi connectivity index (χ0) is 20.4. The van der Waals surface area contributed by atoms with Crippen LogP contribution in [0.15, 0.2) is 54.7 Å². The SMILES string of the molecule is Cc1cc(Oc2ccc(-c3nc(Nc4cc(C)c(Cl)c(C)c4)n[nH]3)cc2)ccn1. The minimum atomic E-state index is 0.494. The first-order chi connectivity index (χ1) is 14.0. The van der Waals surface area contributed by atoms with Crippen LogP contribution in [0.5, 0.6) is 11.5 Å². The molecule has 146 valence electrons. The van der Waals surface area contributed by atoms with Crippen molar-refractivity contribution in [2.24, 2.45) is 0 Å². The first-order valence-corrected chi connectivity index (χ1v) is 9.53. The number of hydrogen-bond donors (Lipinski definition) is 2. The van der Waals surface area contributed by atoms with Crippen molar-refractivity contribution in [1.29, 1.82) is 0 Å². The maximum absolute atomic E-state index is 6.23. The molecule has 0 saturated carbocycles. The monoisotopic (exact) mass is 405 g/mol. The van der Waals surface area contributed by atoms with Crippen LogP contribution in [0.3, 0.4) is 0 Å². The number of nitrogens with one attached hydrogen (secondary N) is 2. The molecule has 2 aromatic carbocycles. The molecule has 0 saturated heterocycles. The normalized spacial score (nSPS) is 10.8. The van der Waals surface area contributed by atoms with Crippen LogP contribution < -0.4 is 10.1 Å². The standard InChI is InChI=1S/C22H20ClN5O/c1-13-10-17(11-14(2)20(13)23)25-22-26-21(27-28-22)16-4-6-18(7-5-16)29-19-8-9-24-15(3)12-19/h4-12H,1-3H3,(H2,25,26,27,28). The molecule has 7 heteroatoms. The fraction of sp³-hybridized carbons (Fsp3) is 0.136. The lowest BCUT2D eigenvalue weighted by Crippen LogP contribution is -1.94. The van der Waals surface area contributed by atoms with Gasteiger partial charge in [0.25, 0.3) is 0 Å². The number of hydrogen-bond acceptors (Lipinski definition) is 5. The zero-order valence-corrected chi connectivity index (χ0v) is 17.1. The number of pyridine rings is 1. The Morgan fingerprint density at radius 1 is 0.931 bits per heavy atom. The predicted molar refractivity (Wildman–Crippen MR) is 115 cm³/mol. The summed E-state index contributed by atoms with van der Waals surface area (Å²) in [6.45, 7) is 5.87. The number of nitrogens with zero attached hydrogens (tertiary/aromatic N) is 3. The number of aromatic nitrogens is 4. The smallest absolute Gasteiger partial charge is 0.246 e. The average Bonchev–Trinajstić information content (AvgIpc) is 3.15. The molecule has 0 aliphatic heterocycles. The number of halogens is 1. The van der Waals surface area contributed by atoms with Crippen LogP contribution in [0, 0.1) is 20.8 Å². The predicted octanol–water partition coefficient (Wildman–Crippen LogP) is 5.98. The number of anilines is 2. The van der Waals surface area contributed by atoms with E-state index in [2.05, 4.69) is 25.5 Å². The van der Waals surface area contributed by atoms with Gasteiger partial charge in [-0.2, -0.15) is 4.98 Å². The highest BCUT2D eigenvalue weighted by molar-refractivity contribution is 6.32. The molecule has 0 aliphatic carbocycles. The maximum atomic E-state index is 6.23. The van der Waals surface area contributed by atoms with Crippen LogP contribution in [0.25, 0.3) is 11.4 Å². The van der Waals surface area contributed by atoms with Crippen LogP contribution >= 0.6 is 11.6 Å². The fourth-order valence-electron chi connectivity index (χ4n) is 2.99. The Morgan fingerprint density at radius 3 is 2.34 bits per heavy atom. The summed E-state index contributed by atoms with van der Waals surface area (Å²) in [6, 6.07) is 15.3. The minimum absolute atomic E-state index is 0.494. The fourth-order valence-corrected chi connectivity index (χ4v) is 3.10. The van der Waals surface area contributed by atoms with Crippen LogP contribution in [-0.2, 0) is 0 Å². The average molecular weight is 406 g/mol. The van der Waals surface area contributed by atoms with Crippen LogP contribution in [0.4, 0.5) is 11.6 Å². The summed E-state index contributed by atoms with van der Waals surface area (Å²) >= 11 is 6.23. The van der Waals surface area contributed by atoms with E-state index in [1.165, 1.54) is 0 Å². The number of benzene rings is 2. The third-order valence-corrected chi connectivity index (χ3v) is 5.01. The highest BCUT2D eigenvalue weighted by Crippen LogP contribution is 2.27. The first-order valence-electron chi connectivity index (χ1n) is 9.15. The van der Waals surface area contributed by atoms with Crippen LogP contribution in [0.1, 0.15) is 16.8 Å². The molecule has 0 amide bonds. The third-order valence-electron chi connectivity index (χ3n) is 4.41. The summed E-state index contributed by atoms with van der Waals surface area (Å²) in [7, 11) is 0. The van der Waals surface area contributed by atoms with Gasteiger partial charge in [-0.1, -0.05) is 11.6 Å². The lowest BCUT2D eigenvalue weighted by Gasteiger charge is -2.07. The van der Waals surface area contributed by atoms with Gasteiger partial charge in [-0.15, -0.1) is 5.10 Å². The Kier molecular flexibility index (Phi) is 5.18. The van der Waals surface area contributed by atoms with Crippen molar-refractivity contribution in [3.8, 4) is 22.9 Å². The van der Waals surface area contributed by atoms with E-state index < -0.39 is 0 Å². The topological polar surface area (TPSA) is 75.7 Å². The number of H-pyrrole nitrogens is 1. The van der Waals surface area contributed by atoms with Gasteiger partial charge in [0.05, 0.1) is 0 Å². The van der Waals surface area contributed by atoms with E-state index in [1.54, 1.807) is 6.20 Å². The van der Waals surface area contributed by atoms with Gasteiger partial charge in [0, 0.05) is 34.2 Å². The van der Waals surface area contributed by atoms with Gasteiger partial charge in [0.15, 0.2) is 5.82 Å². The molecular formula is C22H20ClN5O. The molecule has 2 aromatic heterocycles. The number of aryl methyl sites for hydroxylation is 3. The molecular weight excluding hydrogens is 386 g/mol. The third kappa shape index (κ3) is 4.38. The van der Waals surface area contributed by atoms with E-state index in [0.29, 0.717) is 11.8 Å². The minimum Gasteiger partial charge on any atom is -0.457 e. The Balaban J connectivity index is 1.48. The van der Waals surface area contributed by atoms with Gasteiger partial charge in [-0.05, 0) is 74.4 Å². The van der Waals surface area contributed by atoms with Crippen molar-refractivity contribution < 1.29 is 4.74 Å². The van der Waals surface area contributed by atoms with Crippen molar-refractivity contribution in [3.05, 3.63) is 76.6 Å². The Labute approximate surface area is 174 Å². The molecule has 0 aliphatic rings. The molecule has 4 aromatic rings. The van der Waals surface area contributed by atoms with Crippen molar-refractivity contribution >= 4 is 23.2 Å². The van der Waals surface area contributed by atoms with Gasteiger partial charge >= 0.3 is 0 Å². The Hall–Kier alpha value is -3.38. The van der Waals surface area contributed by atoms with E-state index in [4.69, 9.17) is 16.3 Å². The molecule has 4 rings (SSSR count). The van der Waals surface area contributed by atoms with Crippen LogP contribution in [0.2, 0.25) is 5.02 Å². The van der Waals surface area contributed by atoms with Gasteiger partial charge in [-0.25, -0.2) is 0 Å². The van der Waals surface area contributed by atoms with Crippen molar-refractivity contribution in [1.82, 2.24) is 20.2 Å². The second-order valence-corrected chi connectivity index (χ2v) is 7.19. The summed E-state index contributed by atoms with van der Waals surface area (Å²) in [5.41, 5.74) is 4.72. The zero-order valence-electron chi connectivity index (χ0n) is 16.3. The van der Waals surface area contributed by atoms with Gasteiger partial charge in [0.2, 0.25) is 5.95 Å². The summed E-state index contributed by atoms with van der Waals surface area (Å²) in [5, 5.41) is 11.2. The largest absolute Gasteiger partial charge is 0.457 e. The second kappa shape index (κ2) is 7.93. The molecule has 0 radical (unpaired) electrons. The summed E-state index contributed by atoms with van der Waals surface area (Å²) in [5.74, 6) is 2.66. The molecule has 6 nitrogen and oxygen atoms in total. The van der Waals surface area contributed by atoms with Crippen LogP contribution in [-0.4, -0.2) is 20.2 Å². The summed E-state index contributed by atoms with van der Waals surface area (Å²) < 4.78 is 5.86. The number of aromatic amines is 1. The first kappa shape index (κ1) is 19.0. The van der Waals surface area contributed by atoms with Gasteiger partial charge in [0.1, 0.15) is 11.5 Å². The van der Waals surface area contributed by atoms with E-state index in [9.17, 15) is 0 Å². The van der Waals surface area contributed by atoms with Gasteiger partial charge < -0.3 is 10.1 Å². The number of ether oxygens (including phenoxy) is 1. The molecule has 0 fully saturated rings. The highest BCUT2D eigenvalue weighted by Gasteiger charge is 2.09. The highest BCUT2D eigenvalue weighted by atomic mass is 35.5. The summed E-state index contributed by atoms with van der Waals surface area (Å²) in [4.78, 5) is 8.69. The van der Waals surface area contributed by atoms with E-state index in [1.807, 2.05) is 69.3 Å². The molecule has 0 spiro atoms. The maximum Gasteiger partial charge on any atom is 0.246 e. The molecule has 29 heavy (non-hydrogen) atoms. The molecule has 0 atom stereocenters. The summed E-state index contributed by atoms with van der Waals surface area (Å²) in [6.07, 6.45) is 1.73. The van der Waals surface area contributed by atoms with Crippen molar-refractivity contribution in [3.63, 3.8) is 0 Å². The van der Waals surface area contributed by atoms with Crippen molar-refractivity contribution in [2.45, 2.75) is 20.8 Å².